The van der Waals surface area contributed by atoms with Gasteiger partial charge in [0.1, 0.15) is 0 Å². The van der Waals surface area contributed by atoms with Crippen molar-refractivity contribution in [3.8, 4) is 0 Å². The highest BCUT2D eigenvalue weighted by molar-refractivity contribution is 5.81. The first-order chi connectivity index (χ1) is 6.81. The first-order valence-electron chi connectivity index (χ1n) is 5.21. The maximum atomic E-state index is 10.6. The molecule has 0 fully saturated rings. The molecule has 80 valence electrons. The van der Waals surface area contributed by atoms with Gasteiger partial charge in [-0.15, -0.1) is 6.58 Å². The van der Waals surface area contributed by atoms with Gasteiger partial charge in [0, 0.05) is 6.08 Å². The van der Waals surface area contributed by atoms with E-state index in [0.717, 1.165) is 19.3 Å². The third kappa shape index (κ3) is 9.04. The van der Waals surface area contributed by atoms with E-state index < -0.39 is 0 Å². The molecule has 0 bridgehead atoms. The number of unbranched alkanes of at least 4 members (excludes halogenated alkanes) is 5. The van der Waals surface area contributed by atoms with Crippen molar-refractivity contribution in [1.82, 2.24) is 0 Å². The van der Waals surface area contributed by atoms with Crippen LogP contribution in [0.2, 0.25) is 0 Å². The van der Waals surface area contributed by atoms with Crippen molar-refractivity contribution >= 4 is 5.97 Å². The molecule has 0 atom stereocenters. The van der Waals surface area contributed by atoms with Crippen LogP contribution in [-0.4, -0.2) is 12.6 Å². The number of ether oxygens (including phenoxy) is 1. The maximum Gasteiger partial charge on any atom is 0.330 e. The summed E-state index contributed by atoms with van der Waals surface area (Å²) in [6.45, 7) is 7.52. The number of allylic oxidation sites excluding steroid dienone is 1. The van der Waals surface area contributed by atoms with Gasteiger partial charge in [-0.05, 0) is 19.3 Å². The molecule has 0 spiro atoms. The highest BCUT2D eigenvalue weighted by atomic mass is 16.5. The van der Waals surface area contributed by atoms with E-state index in [-0.39, 0.29) is 5.97 Å². The van der Waals surface area contributed by atoms with E-state index in [0.29, 0.717) is 6.61 Å². The fourth-order valence-electron chi connectivity index (χ4n) is 1.15. The molecular formula is C12H20O2. The molecule has 0 aromatic carbocycles. The van der Waals surface area contributed by atoms with Gasteiger partial charge in [-0.2, -0.15) is 0 Å². The van der Waals surface area contributed by atoms with Gasteiger partial charge in [-0.1, -0.05) is 31.9 Å². The summed E-state index contributed by atoms with van der Waals surface area (Å²) in [5.74, 6) is -0.323. The molecule has 2 heteroatoms. The van der Waals surface area contributed by atoms with E-state index in [2.05, 4.69) is 13.2 Å². The minimum Gasteiger partial charge on any atom is -0.463 e. The molecule has 0 radical (unpaired) electrons. The Balaban J connectivity index is 3.02. The first-order valence-corrected chi connectivity index (χ1v) is 5.21. The molecule has 0 aliphatic heterocycles. The zero-order chi connectivity index (χ0) is 10.6. The van der Waals surface area contributed by atoms with Gasteiger partial charge < -0.3 is 4.74 Å². The van der Waals surface area contributed by atoms with Crippen molar-refractivity contribution in [2.45, 2.75) is 38.5 Å². The van der Waals surface area contributed by atoms with Gasteiger partial charge >= 0.3 is 5.97 Å². The second-order valence-corrected chi connectivity index (χ2v) is 3.22. The monoisotopic (exact) mass is 196 g/mol. The largest absolute Gasteiger partial charge is 0.463 e. The lowest BCUT2D eigenvalue weighted by atomic mass is 10.1. The molecule has 0 aromatic rings. The molecule has 0 N–H and O–H groups in total. The second kappa shape index (κ2) is 10.0. The molecule has 0 rings (SSSR count). The topological polar surface area (TPSA) is 26.3 Å². The third-order valence-corrected chi connectivity index (χ3v) is 1.96. The molecular weight excluding hydrogens is 176 g/mol. The Hall–Kier alpha value is -1.05. The van der Waals surface area contributed by atoms with Crippen LogP contribution < -0.4 is 0 Å². The predicted molar refractivity (Wildman–Crippen MR) is 59.1 cm³/mol. The summed E-state index contributed by atoms with van der Waals surface area (Å²) >= 11 is 0. The summed E-state index contributed by atoms with van der Waals surface area (Å²) in [6, 6.07) is 0. The Morgan fingerprint density at radius 3 is 2.36 bits per heavy atom. The molecule has 0 aliphatic rings. The van der Waals surface area contributed by atoms with E-state index in [4.69, 9.17) is 4.74 Å². The number of rotatable bonds is 9. The van der Waals surface area contributed by atoms with Gasteiger partial charge in [0.15, 0.2) is 0 Å². The van der Waals surface area contributed by atoms with Crippen LogP contribution in [0.25, 0.3) is 0 Å². The van der Waals surface area contributed by atoms with E-state index in [9.17, 15) is 4.79 Å². The number of esters is 1. The smallest absolute Gasteiger partial charge is 0.330 e. The molecule has 0 saturated carbocycles. The number of carbonyl (C=O) groups is 1. The Kier molecular flexibility index (Phi) is 9.28. The average Bonchev–Trinajstić information content (AvgIpc) is 2.21. The van der Waals surface area contributed by atoms with Crippen molar-refractivity contribution in [3.05, 3.63) is 25.3 Å². The van der Waals surface area contributed by atoms with Gasteiger partial charge in [0.2, 0.25) is 0 Å². The van der Waals surface area contributed by atoms with Crippen LogP contribution in [0, 0.1) is 0 Å². The summed E-state index contributed by atoms with van der Waals surface area (Å²) < 4.78 is 4.85. The van der Waals surface area contributed by atoms with Crippen LogP contribution >= 0.6 is 0 Å². The van der Waals surface area contributed by atoms with E-state index >= 15 is 0 Å². The van der Waals surface area contributed by atoms with E-state index in [1.807, 2.05) is 6.08 Å². The van der Waals surface area contributed by atoms with Crippen molar-refractivity contribution in [3.63, 3.8) is 0 Å². The molecule has 14 heavy (non-hydrogen) atoms. The third-order valence-electron chi connectivity index (χ3n) is 1.96. The van der Waals surface area contributed by atoms with E-state index in [1.54, 1.807) is 0 Å². The molecule has 2 nitrogen and oxygen atoms in total. The van der Waals surface area contributed by atoms with Crippen molar-refractivity contribution < 1.29 is 9.53 Å². The lowest BCUT2D eigenvalue weighted by Gasteiger charge is -2.01. The van der Waals surface area contributed by atoms with Crippen molar-refractivity contribution in [1.29, 1.82) is 0 Å². The summed E-state index contributed by atoms with van der Waals surface area (Å²) in [7, 11) is 0. The SMILES string of the molecule is C=CCCCCCCCOC(=O)C=C. The lowest BCUT2D eigenvalue weighted by Crippen LogP contribution is -2.01. The summed E-state index contributed by atoms with van der Waals surface area (Å²) in [4.78, 5) is 10.6. The van der Waals surface area contributed by atoms with Crippen LogP contribution in [0.4, 0.5) is 0 Å². The zero-order valence-corrected chi connectivity index (χ0v) is 8.84. The molecule has 0 aromatic heterocycles. The number of hydrogen-bond acceptors (Lipinski definition) is 2. The number of hydrogen-bond donors (Lipinski definition) is 0. The van der Waals surface area contributed by atoms with Crippen LogP contribution in [-0.2, 0) is 9.53 Å². The first kappa shape index (κ1) is 12.9. The highest BCUT2D eigenvalue weighted by Gasteiger charge is 1.94. The highest BCUT2D eigenvalue weighted by Crippen LogP contribution is 2.05. The van der Waals surface area contributed by atoms with Gasteiger partial charge in [0.25, 0.3) is 0 Å². The minimum atomic E-state index is -0.323. The van der Waals surface area contributed by atoms with Crippen LogP contribution in [0.3, 0.4) is 0 Å². The lowest BCUT2D eigenvalue weighted by molar-refractivity contribution is -0.137. The fourth-order valence-corrected chi connectivity index (χ4v) is 1.15. The molecule has 0 unspecified atom stereocenters. The Morgan fingerprint density at radius 2 is 1.71 bits per heavy atom. The summed E-state index contributed by atoms with van der Waals surface area (Å²) in [5.41, 5.74) is 0. The average molecular weight is 196 g/mol. The standard InChI is InChI=1S/C12H20O2/c1-3-5-6-7-8-9-10-11-14-12(13)4-2/h3-4H,1-2,5-11H2. The fraction of sp³-hybridized carbons (Fsp3) is 0.583. The van der Waals surface area contributed by atoms with Gasteiger partial charge in [-0.25, -0.2) is 4.79 Å². The predicted octanol–water partition coefficient (Wildman–Crippen LogP) is 3.24. The van der Waals surface area contributed by atoms with Gasteiger partial charge in [-0.3, -0.25) is 0 Å². The molecule has 0 saturated heterocycles. The minimum absolute atomic E-state index is 0.323. The van der Waals surface area contributed by atoms with Crippen LogP contribution in [0.5, 0.6) is 0 Å². The maximum absolute atomic E-state index is 10.6. The van der Waals surface area contributed by atoms with Crippen molar-refractivity contribution in [2.75, 3.05) is 6.61 Å². The Labute approximate surface area is 86.6 Å². The molecule has 0 amide bonds. The van der Waals surface area contributed by atoms with Crippen LogP contribution in [0.15, 0.2) is 25.3 Å². The Bertz CT molecular complexity index is 173. The molecule has 0 heterocycles. The van der Waals surface area contributed by atoms with Crippen LogP contribution in [0.1, 0.15) is 38.5 Å². The zero-order valence-electron chi connectivity index (χ0n) is 8.84. The summed E-state index contributed by atoms with van der Waals surface area (Å²) in [5, 5.41) is 0. The van der Waals surface area contributed by atoms with Gasteiger partial charge in [0.05, 0.1) is 6.61 Å². The summed E-state index contributed by atoms with van der Waals surface area (Å²) in [6.07, 6.45) is 9.99. The Morgan fingerprint density at radius 1 is 1.07 bits per heavy atom. The quantitative estimate of drug-likeness (QED) is 0.245. The molecule has 0 aliphatic carbocycles. The second-order valence-electron chi connectivity index (χ2n) is 3.22. The number of carbonyl (C=O) groups excluding carboxylic acids is 1. The van der Waals surface area contributed by atoms with E-state index in [1.165, 1.54) is 25.3 Å². The normalized spacial score (nSPS) is 9.43. The van der Waals surface area contributed by atoms with Crippen molar-refractivity contribution in [2.24, 2.45) is 0 Å².